The minimum absolute atomic E-state index is 0.268. The van der Waals surface area contributed by atoms with Gasteiger partial charge in [0.25, 0.3) is 8.48 Å². The van der Waals surface area contributed by atoms with E-state index in [1.807, 2.05) is 22.6 Å². The normalized spacial score (nSPS) is 16.1. The summed E-state index contributed by atoms with van der Waals surface area (Å²) in [5.74, 6) is 0. The third-order valence-electron chi connectivity index (χ3n) is 5.36. The quantitative estimate of drug-likeness (QED) is 0.483. The Morgan fingerprint density at radius 2 is 0.960 bits per heavy atom. The maximum Gasteiger partial charge on any atom is 0.538 e. The average molecular weight is 426 g/mol. The molecule has 25 heavy (non-hydrogen) atoms. The second-order valence-corrected chi connectivity index (χ2v) is 29.9. The molecule has 0 aromatic rings. The summed E-state index contributed by atoms with van der Waals surface area (Å²) in [6.45, 7) is 25.6. The zero-order valence-corrected chi connectivity index (χ0v) is 23.3. The van der Waals surface area contributed by atoms with Gasteiger partial charge in [0.05, 0.1) is 0 Å². The van der Waals surface area contributed by atoms with Gasteiger partial charge in [0.15, 0.2) is 0 Å². The van der Waals surface area contributed by atoms with Crippen LogP contribution in [0, 0.1) is 0 Å². The van der Waals surface area contributed by atoms with Crippen molar-refractivity contribution in [2.45, 2.75) is 90.9 Å². The molecule has 0 fully saturated rings. The summed E-state index contributed by atoms with van der Waals surface area (Å²) in [4.78, 5) is 0. The number of nitrogens with two attached hydrogens (primary N) is 1. The molecule has 9 heteroatoms. The summed E-state index contributed by atoms with van der Waals surface area (Å²) in [5, 5.41) is 6.45. The van der Waals surface area contributed by atoms with Crippen LogP contribution < -0.4 is 5.40 Å². The standard InChI is InChI=1S/C16H44FN3OSi4/c1-15(2,3)24(18,16(4,5)6)21-25(17,19(7)22(9,10)11)20(8)23(12,13)14/h18H2,1-14H3. The zero-order chi connectivity index (χ0) is 20.9. The summed E-state index contributed by atoms with van der Waals surface area (Å²) in [6.07, 6.45) is 0. The highest BCUT2D eigenvalue weighted by Gasteiger charge is 2.64. The van der Waals surface area contributed by atoms with Gasteiger partial charge in [-0.15, -0.1) is 0 Å². The lowest BCUT2D eigenvalue weighted by Crippen LogP contribution is -2.79. The fraction of sp³-hybridized carbons (Fsp3) is 1.00. The van der Waals surface area contributed by atoms with Crippen molar-refractivity contribution in [3.8, 4) is 0 Å². The second kappa shape index (κ2) is 7.23. The average Bonchev–Trinajstić information content (AvgIpc) is 2.31. The molecule has 4 nitrogen and oxygen atoms in total. The van der Waals surface area contributed by atoms with Gasteiger partial charge in [-0.1, -0.05) is 80.8 Å². The van der Waals surface area contributed by atoms with Gasteiger partial charge in [0, 0.05) is 0 Å². The predicted molar refractivity (Wildman–Crippen MR) is 120 cm³/mol. The van der Waals surface area contributed by atoms with Crippen molar-refractivity contribution in [3.63, 3.8) is 0 Å². The maximum atomic E-state index is 16.9. The number of nitrogens with zero attached hydrogens (tertiary/aromatic N) is 2. The second-order valence-electron chi connectivity index (χ2n) is 11.3. The molecule has 0 aromatic carbocycles. The largest absolute Gasteiger partial charge is 0.538 e. The van der Waals surface area contributed by atoms with Crippen LogP contribution in [-0.4, -0.2) is 56.5 Å². The Hall–Kier alpha value is 0.638. The summed E-state index contributed by atoms with van der Waals surface area (Å²) < 4.78 is 27.5. The number of halogens is 1. The van der Waals surface area contributed by atoms with E-state index in [2.05, 4.69) is 80.8 Å². The van der Waals surface area contributed by atoms with Crippen molar-refractivity contribution in [1.29, 1.82) is 0 Å². The van der Waals surface area contributed by atoms with Gasteiger partial charge in [-0.25, -0.2) is 4.11 Å². The highest BCUT2D eigenvalue weighted by atomic mass is 28.5. The molecule has 2 N–H and O–H groups in total. The molecular formula is C16H44FN3OSi4. The molecule has 0 aromatic heterocycles. The van der Waals surface area contributed by atoms with E-state index in [1.54, 1.807) is 0 Å². The molecule has 152 valence electrons. The van der Waals surface area contributed by atoms with Crippen molar-refractivity contribution in [2.75, 3.05) is 14.1 Å². The summed E-state index contributed by atoms with van der Waals surface area (Å²) in [5.41, 5.74) is 0. The number of rotatable bonds is 6. The molecule has 0 unspecified atom stereocenters. The van der Waals surface area contributed by atoms with E-state index < -0.39 is 33.9 Å². The molecular weight excluding hydrogens is 382 g/mol. The molecule has 0 radical (unpaired) electrons. The van der Waals surface area contributed by atoms with E-state index in [-0.39, 0.29) is 10.1 Å². The van der Waals surface area contributed by atoms with Crippen molar-refractivity contribution in [1.82, 2.24) is 8.46 Å². The molecule has 0 rings (SSSR count). The minimum Gasteiger partial charge on any atom is -0.396 e. The zero-order valence-electron chi connectivity index (χ0n) is 19.3. The van der Waals surface area contributed by atoms with E-state index in [4.69, 9.17) is 9.51 Å². The molecule has 0 bridgehead atoms. The van der Waals surface area contributed by atoms with E-state index >= 15 is 4.11 Å². The van der Waals surface area contributed by atoms with Crippen LogP contribution in [0.4, 0.5) is 4.11 Å². The van der Waals surface area contributed by atoms with Crippen LogP contribution in [0.2, 0.25) is 49.4 Å². The Balaban J connectivity index is 6.46. The van der Waals surface area contributed by atoms with Crippen LogP contribution in [0.25, 0.3) is 0 Å². The molecule has 0 aliphatic heterocycles. The lowest BCUT2D eigenvalue weighted by molar-refractivity contribution is 0.282. The molecule has 0 amide bonds. The van der Waals surface area contributed by atoms with Crippen LogP contribution in [0.5, 0.6) is 0 Å². The van der Waals surface area contributed by atoms with Crippen molar-refractivity contribution >= 4 is 33.9 Å². The SMILES string of the molecule is CN([Si](C)(C)C)[Si](F)(O[Si](N)(C(C)(C)C)C(C)(C)C)N(C)[Si](C)(C)C. The molecule has 0 aliphatic carbocycles. The first-order valence-corrected chi connectivity index (χ1v) is 19.7. The highest BCUT2D eigenvalue weighted by molar-refractivity contribution is 6.95. The summed E-state index contributed by atoms with van der Waals surface area (Å²) in [6, 6.07) is 0. The van der Waals surface area contributed by atoms with Crippen LogP contribution in [0.1, 0.15) is 41.5 Å². The highest BCUT2D eigenvalue weighted by Crippen LogP contribution is 2.50. The van der Waals surface area contributed by atoms with Gasteiger partial charge in [-0.2, -0.15) is 0 Å². The van der Waals surface area contributed by atoms with Crippen LogP contribution >= 0.6 is 0 Å². The molecule has 0 saturated heterocycles. The van der Waals surface area contributed by atoms with Gasteiger partial charge >= 0.3 is 8.97 Å². The summed E-state index contributed by atoms with van der Waals surface area (Å²) >= 11 is 0. The number of hydrogen-bond donors (Lipinski definition) is 1. The van der Waals surface area contributed by atoms with Crippen molar-refractivity contribution in [2.24, 2.45) is 5.40 Å². The first-order valence-electron chi connectivity index (χ1n) is 9.17. The fourth-order valence-corrected chi connectivity index (χ4v) is 19.3. The van der Waals surface area contributed by atoms with E-state index in [0.717, 1.165) is 0 Å². The van der Waals surface area contributed by atoms with Crippen LogP contribution in [0.3, 0.4) is 0 Å². The molecule has 0 aliphatic rings. The Morgan fingerprint density at radius 1 is 0.720 bits per heavy atom. The third-order valence-corrected chi connectivity index (χ3v) is 23.5. The van der Waals surface area contributed by atoms with E-state index in [0.29, 0.717) is 0 Å². The van der Waals surface area contributed by atoms with Crippen molar-refractivity contribution in [3.05, 3.63) is 0 Å². The lowest BCUT2D eigenvalue weighted by Gasteiger charge is -2.55. The van der Waals surface area contributed by atoms with Crippen molar-refractivity contribution < 1.29 is 8.22 Å². The third kappa shape index (κ3) is 5.34. The fourth-order valence-electron chi connectivity index (χ4n) is 2.83. The summed E-state index contributed by atoms with van der Waals surface area (Å²) in [7, 11) is -6.78. The topological polar surface area (TPSA) is 41.7 Å². The minimum atomic E-state index is -3.86. The Kier molecular flexibility index (Phi) is 7.41. The van der Waals surface area contributed by atoms with E-state index in [1.165, 1.54) is 0 Å². The predicted octanol–water partition coefficient (Wildman–Crippen LogP) is 4.94. The Bertz CT molecular complexity index is 430. The molecule has 0 heterocycles. The smallest absolute Gasteiger partial charge is 0.396 e. The van der Waals surface area contributed by atoms with E-state index in [9.17, 15) is 0 Å². The first kappa shape index (κ1) is 25.6. The molecule has 0 atom stereocenters. The van der Waals surface area contributed by atoms with Gasteiger partial charge in [-0.3, -0.25) is 8.46 Å². The van der Waals surface area contributed by atoms with Gasteiger partial charge in [-0.05, 0) is 24.2 Å². The van der Waals surface area contributed by atoms with Gasteiger partial charge < -0.3 is 9.51 Å². The molecule has 0 spiro atoms. The van der Waals surface area contributed by atoms with Crippen LogP contribution in [-0.2, 0) is 4.12 Å². The number of hydrogen-bond acceptors (Lipinski definition) is 4. The monoisotopic (exact) mass is 425 g/mol. The first-order chi connectivity index (χ1) is 10.5. The molecule has 0 saturated carbocycles. The van der Waals surface area contributed by atoms with Gasteiger partial charge in [0.2, 0.25) is 0 Å². The van der Waals surface area contributed by atoms with Gasteiger partial charge in [0.1, 0.15) is 16.5 Å². The lowest BCUT2D eigenvalue weighted by atomic mass is 10.2. The van der Waals surface area contributed by atoms with Crippen LogP contribution in [0.15, 0.2) is 0 Å². The Labute approximate surface area is 161 Å². The maximum absolute atomic E-state index is 16.9. The Morgan fingerprint density at radius 3 is 1.12 bits per heavy atom.